The van der Waals surface area contributed by atoms with E-state index in [0.29, 0.717) is 5.69 Å². The van der Waals surface area contributed by atoms with Gasteiger partial charge in [-0.2, -0.15) is 5.10 Å². The van der Waals surface area contributed by atoms with Crippen molar-refractivity contribution in [3.63, 3.8) is 0 Å². The predicted molar refractivity (Wildman–Crippen MR) is 94.2 cm³/mol. The first-order valence-electron chi connectivity index (χ1n) is 7.54. The molecule has 0 unspecified atom stereocenters. The number of hydrogen-bond acceptors (Lipinski definition) is 4. The summed E-state index contributed by atoms with van der Waals surface area (Å²) in [5, 5.41) is 18.9. The van der Waals surface area contributed by atoms with E-state index < -0.39 is 6.09 Å². The summed E-state index contributed by atoms with van der Waals surface area (Å²) in [6.45, 7) is 0. The van der Waals surface area contributed by atoms with Crippen LogP contribution in [0, 0.1) is 0 Å². The van der Waals surface area contributed by atoms with Gasteiger partial charge in [0.25, 0.3) is 0 Å². The SMILES string of the molecule is O=C(O)Nc1ccc(-c2cncc(-c3ccnc4[nH]ncc34)c2)cc1. The number of nitrogens with one attached hydrogen (secondary N) is 2. The number of H-pyrrole nitrogens is 1. The molecule has 0 aliphatic heterocycles. The number of amides is 1. The van der Waals surface area contributed by atoms with Gasteiger partial charge in [-0.15, -0.1) is 0 Å². The minimum atomic E-state index is -1.08. The molecule has 122 valence electrons. The third-order valence-electron chi connectivity index (χ3n) is 3.87. The number of aromatic nitrogens is 4. The predicted octanol–water partition coefficient (Wildman–Crippen LogP) is 3.78. The maximum absolute atomic E-state index is 10.7. The molecule has 3 N–H and O–H groups in total. The van der Waals surface area contributed by atoms with Gasteiger partial charge in [0, 0.05) is 40.8 Å². The number of anilines is 1. The maximum atomic E-state index is 10.7. The molecular formula is C18H13N5O2. The molecular weight excluding hydrogens is 318 g/mol. The van der Waals surface area contributed by atoms with E-state index in [1.165, 1.54) is 0 Å². The third-order valence-corrected chi connectivity index (χ3v) is 3.87. The summed E-state index contributed by atoms with van der Waals surface area (Å²) in [5.41, 5.74) is 5.09. The highest BCUT2D eigenvalue weighted by Crippen LogP contribution is 2.29. The fraction of sp³-hybridized carbons (Fsp3) is 0. The molecule has 0 spiro atoms. The number of hydrogen-bond donors (Lipinski definition) is 3. The van der Waals surface area contributed by atoms with Gasteiger partial charge in [-0.25, -0.2) is 9.78 Å². The Bertz CT molecular complexity index is 1060. The van der Waals surface area contributed by atoms with Crippen LogP contribution in [0.2, 0.25) is 0 Å². The van der Waals surface area contributed by atoms with Gasteiger partial charge >= 0.3 is 6.09 Å². The van der Waals surface area contributed by atoms with Crippen LogP contribution in [0.1, 0.15) is 0 Å². The lowest BCUT2D eigenvalue weighted by Gasteiger charge is -2.07. The molecule has 0 bridgehead atoms. The van der Waals surface area contributed by atoms with E-state index in [4.69, 9.17) is 5.11 Å². The zero-order valence-corrected chi connectivity index (χ0v) is 13.0. The largest absolute Gasteiger partial charge is 0.465 e. The fourth-order valence-electron chi connectivity index (χ4n) is 2.72. The Labute approximate surface area is 142 Å². The standard InChI is InChI=1S/C18H13N5O2/c24-18(25)22-14-3-1-11(2-4-14)12-7-13(9-19-8-12)15-5-6-20-17-16(15)10-21-23-17/h1-10,22H,(H,24,25)(H,20,21,23). The van der Waals surface area contributed by atoms with Crippen molar-refractivity contribution in [3.8, 4) is 22.3 Å². The Kier molecular flexibility index (Phi) is 3.59. The Morgan fingerprint density at radius 2 is 1.80 bits per heavy atom. The van der Waals surface area contributed by atoms with Gasteiger partial charge < -0.3 is 5.11 Å². The van der Waals surface area contributed by atoms with Crippen LogP contribution < -0.4 is 5.32 Å². The number of benzene rings is 1. The number of nitrogens with zero attached hydrogens (tertiary/aromatic N) is 3. The van der Waals surface area contributed by atoms with Gasteiger partial charge in [0.2, 0.25) is 0 Å². The van der Waals surface area contributed by atoms with Gasteiger partial charge in [0.15, 0.2) is 5.65 Å². The zero-order valence-electron chi connectivity index (χ0n) is 13.0. The summed E-state index contributed by atoms with van der Waals surface area (Å²) in [7, 11) is 0. The molecule has 0 atom stereocenters. The van der Waals surface area contributed by atoms with Crippen LogP contribution in [0.15, 0.2) is 61.2 Å². The molecule has 3 aromatic heterocycles. The second-order valence-electron chi connectivity index (χ2n) is 5.46. The quantitative estimate of drug-likeness (QED) is 0.530. The molecule has 0 saturated heterocycles. The van der Waals surface area contributed by atoms with Crippen LogP contribution in [-0.4, -0.2) is 31.4 Å². The number of pyridine rings is 2. The molecule has 4 rings (SSSR count). The molecule has 0 aliphatic carbocycles. The second kappa shape index (κ2) is 6.04. The van der Waals surface area contributed by atoms with Gasteiger partial charge in [0.1, 0.15) is 0 Å². The minimum Gasteiger partial charge on any atom is -0.465 e. The summed E-state index contributed by atoms with van der Waals surface area (Å²) in [5.74, 6) is 0. The molecule has 7 nitrogen and oxygen atoms in total. The lowest BCUT2D eigenvalue weighted by Crippen LogP contribution is -2.06. The summed E-state index contributed by atoms with van der Waals surface area (Å²) in [6.07, 6.45) is 5.96. The van der Waals surface area contributed by atoms with E-state index in [2.05, 4.69) is 25.5 Å². The number of fused-ring (bicyclic) bond motifs is 1. The van der Waals surface area contributed by atoms with Gasteiger partial charge in [-0.05, 0) is 35.4 Å². The average molecular weight is 331 g/mol. The molecule has 0 aliphatic rings. The number of aromatic amines is 1. The topological polar surface area (TPSA) is 104 Å². The Hall–Kier alpha value is -3.74. The van der Waals surface area contributed by atoms with E-state index in [1.807, 2.05) is 24.3 Å². The van der Waals surface area contributed by atoms with Crippen molar-refractivity contribution in [2.75, 3.05) is 5.32 Å². The van der Waals surface area contributed by atoms with E-state index in [1.54, 1.807) is 36.9 Å². The smallest absolute Gasteiger partial charge is 0.409 e. The van der Waals surface area contributed by atoms with Crippen molar-refractivity contribution in [2.24, 2.45) is 0 Å². The minimum absolute atomic E-state index is 0.523. The van der Waals surface area contributed by atoms with E-state index in [9.17, 15) is 4.79 Å². The average Bonchev–Trinajstić information content (AvgIpc) is 3.11. The van der Waals surface area contributed by atoms with E-state index in [-0.39, 0.29) is 0 Å². The number of carboxylic acid groups (broad SMARTS) is 1. The second-order valence-corrected chi connectivity index (χ2v) is 5.46. The first kappa shape index (κ1) is 14.8. The highest BCUT2D eigenvalue weighted by atomic mass is 16.4. The van der Waals surface area contributed by atoms with Gasteiger partial charge in [-0.1, -0.05) is 12.1 Å². The summed E-state index contributed by atoms with van der Waals surface area (Å²) >= 11 is 0. The first-order chi connectivity index (χ1) is 12.2. The van der Waals surface area contributed by atoms with Gasteiger partial charge in [-0.3, -0.25) is 15.4 Å². The Morgan fingerprint density at radius 1 is 1.00 bits per heavy atom. The van der Waals surface area contributed by atoms with Crippen LogP contribution in [0.3, 0.4) is 0 Å². The van der Waals surface area contributed by atoms with Crippen LogP contribution in [0.5, 0.6) is 0 Å². The van der Waals surface area contributed by atoms with Crippen LogP contribution in [0.25, 0.3) is 33.3 Å². The van der Waals surface area contributed by atoms with Crippen molar-refractivity contribution >= 4 is 22.8 Å². The summed E-state index contributed by atoms with van der Waals surface area (Å²) in [6, 6.07) is 11.1. The summed E-state index contributed by atoms with van der Waals surface area (Å²) < 4.78 is 0. The molecule has 3 heterocycles. The summed E-state index contributed by atoms with van der Waals surface area (Å²) in [4.78, 5) is 19.3. The molecule has 1 amide bonds. The molecule has 7 heteroatoms. The monoisotopic (exact) mass is 331 g/mol. The number of carbonyl (C=O) groups is 1. The van der Waals surface area contributed by atoms with Crippen molar-refractivity contribution in [1.29, 1.82) is 0 Å². The lowest BCUT2D eigenvalue weighted by molar-refractivity contribution is 0.210. The van der Waals surface area contributed by atoms with Crippen molar-refractivity contribution in [2.45, 2.75) is 0 Å². The van der Waals surface area contributed by atoms with Gasteiger partial charge in [0.05, 0.1) is 6.20 Å². The number of rotatable bonds is 3. The molecule has 4 aromatic rings. The highest BCUT2D eigenvalue weighted by molar-refractivity contribution is 5.92. The van der Waals surface area contributed by atoms with Crippen molar-refractivity contribution in [1.82, 2.24) is 20.2 Å². The Morgan fingerprint density at radius 3 is 2.60 bits per heavy atom. The van der Waals surface area contributed by atoms with E-state index >= 15 is 0 Å². The van der Waals surface area contributed by atoms with Crippen LogP contribution in [-0.2, 0) is 0 Å². The fourth-order valence-corrected chi connectivity index (χ4v) is 2.72. The van der Waals surface area contributed by atoms with Crippen molar-refractivity contribution < 1.29 is 9.90 Å². The molecule has 1 aromatic carbocycles. The third kappa shape index (κ3) is 2.90. The first-order valence-corrected chi connectivity index (χ1v) is 7.54. The Balaban J connectivity index is 1.72. The maximum Gasteiger partial charge on any atom is 0.409 e. The lowest BCUT2D eigenvalue weighted by atomic mass is 10.0. The molecule has 0 saturated carbocycles. The molecule has 0 radical (unpaired) electrons. The van der Waals surface area contributed by atoms with E-state index in [0.717, 1.165) is 33.3 Å². The molecule has 25 heavy (non-hydrogen) atoms. The van der Waals surface area contributed by atoms with Crippen LogP contribution in [0.4, 0.5) is 10.5 Å². The zero-order chi connectivity index (χ0) is 17.2. The van der Waals surface area contributed by atoms with Crippen molar-refractivity contribution in [3.05, 3.63) is 61.2 Å². The normalized spacial score (nSPS) is 10.7. The molecule has 0 fully saturated rings. The van der Waals surface area contributed by atoms with Crippen LogP contribution >= 0.6 is 0 Å². The highest BCUT2D eigenvalue weighted by Gasteiger charge is 2.08.